The van der Waals surface area contributed by atoms with E-state index in [1.165, 1.54) is 0 Å². The Kier molecular flexibility index (Phi) is 5.81. The van der Waals surface area contributed by atoms with Crippen molar-refractivity contribution in [3.63, 3.8) is 0 Å². The largest absolute Gasteiger partial charge is 0.383 e. The molecule has 0 radical (unpaired) electrons. The zero-order chi connectivity index (χ0) is 17.6. The highest BCUT2D eigenvalue weighted by Crippen LogP contribution is 2.22. The van der Waals surface area contributed by atoms with Crippen molar-refractivity contribution in [3.8, 4) is 0 Å². The molecule has 6 nitrogen and oxygen atoms in total. The third-order valence-electron chi connectivity index (χ3n) is 4.82. The molecule has 2 aromatic rings. The van der Waals surface area contributed by atoms with E-state index >= 15 is 0 Å². The Balaban J connectivity index is 1.65. The molecule has 1 aliphatic heterocycles. The maximum Gasteiger partial charge on any atom is 0.272 e. The van der Waals surface area contributed by atoms with Crippen LogP contribution in [0.2, 0.25) is 0 Å². The Labute approximate surface area is 148 Å². The third-order valence-corrected chi connectivity index (χ3v) is 4.82. The van der Waals surface area contributed by atoms with Gasteiger partial charge in [-0.25, -0.2) is 4.98 Å². The fourth-order valence-corrected chi connectivity index (χ4v) is 3.49. The van der Waals surface area contributed by atoms with Gasteiger partial charge in [-0.3, -0.25) is 9.78 Å². The summed E-state index contributed by atoms with van der Waals surface area (Å²) in [4.78, 5) is 23.3. The van der Waals surface area contributed by atoms with Gasteiger partial charge in [0.1, 0.15) is 11.5 Å². The number of carbonyl (C=O) groups is 1. The lowest BCUT2D eigenvalue weighted by Crippen LogP contribution is -2.41. The van der Waals surface area contributed by atoms with Crippen LogP contribution in [0.15, 0.2) is 30.6 Å². The van der Waals surface area contributed by atoms with E-state index in [-0.39, 0.29) is 5.91 Å². The van der Waals surface area contributed by atoms with Crippen LogP contribution in [-0.4, -0.2) is 52.1 Å². The summed E-state index contributed by atoms with van der Waals surface area (Å²) in [6.45, 7) is 5.15. The molecule has 0 saturated carbocycles. The molecule has 0 spiro atoms. The normalized spacial score (nSPS) is 17.7. The monoisotopic (exact) mass is 342 g/mol. The Morgan fingerprint density at radius 2 is 2.24 bits per heavy atom. The third kappa shape index (κ3) is 4.25. The highest BCUT2D eigenvalue weighted by Gasteiger charge is 2.26. The summed E-state index contributed by atoms with van der Waals surface area (Å²) in [6.07, 6.45) is 6.64. The first-order valence-electron chi connectivity index (χ1n) is 8.89. The van der Waals surface area contributed by atoms with Crippen molar-refractivity contribution in [1.29, 1.82) is 0 Å². The van der Waals surface area contributed by atoms with E-state index in [0.717, 1.165) is 50.4 Å². The van der Waals surface area contributed by atoms with Crippen molar-refractivity contribution < 1.29 is 9.53 Å². The molecule has 134 valence electrons. The molecule has 1 amide bonds. The van der Waals surface area contributed by atoms with Gasteiger partial charge >= 0.3 is 0 Å². The number of aromatic nitrogens is 3. The number of nitrogens with zero attached hydrogens (tertiary/aromatic N) is 4. The molecule has 25 heavy (non-hydrogen) atoms. The molecule has 0 aliphatic carbocycles. The minimum atomic E-state index is 0.0317. The molecule has 6 heteroatoms. The van der Waals surface area contributed by atoms with Crippen molar-refractivity contribution in [2.24, 2.45) is 5.92 Å². The number of likely N-dealkylation sites (tertiary alicyclic amines) is 1. The van der Waals surface area contributed by atoms with Crippen LogP contribution < -0.4 is 0 Å². The average Bonchev–Trinajstić information content (AvgIpc) is 3.00. The summed E-state index contributed by atoms with van der Waals surface area (Å²) < 4.78 is 7.43. The fourth-order valence-electron chi connectivity index (χ4n) is 3.49. The predicted octanol–water partition coefficient (Wildman–Crippen LogP) is 2.33. The lowest BCUT2D eigenvalue weighted by Gasteiger charge is -2.32. The zero-order valence-electron chi connectivity index (χ0n) is 15.0. The quantitative estimate of drug-likeness (QED) is 0.808. The number of carbonyl (C=O) groups excluding carboxylic acids is 1. The van der Waals surface area contributed by atoms with Crippen LogP contribution in [0.5, 0.6) is 0 Å². The van der Waals surface area contributed by atoms with E-state index in [4.69, 9.17) is 4.74 Å². The number of hydrogen-bond acceptors (Lipinski definition) is 4. The second-order valence-electron chi connectivity index (χ2n) is 6.64. The topological polar surface area (TPSA) is 60.2 Å². The number of ether oxygens (including phenoxy) is 1. The van der Waals surface area contributed by atoms with Crippen LogP contribution in [0.4, 0.5) is 0 Å². The van der Waals surface area contributed by atoms with Gasteiger partial charge in [-0.15, -0.1) is 0 Å². The first-order chi connectivity index (χ1) is 12.2. The molecule has 0 bridgehead atoms. The molecule has 1 saturated heterocycles. The second kappa shape index (κ2) is 8.25. The van der Waals surface area contributed by atoms with Gasteiger partial charge in [0.15, 0.2) is 0 Å². The van der Waals surface area contributed by atoms with E-state index in [2.05, 4.69) is 21.5 Å². The van der Waals surface area contributed by atoms with Gasteiger partial charge < -0.3 is 14.2 Å². The maximum absolute atomic E-state index is 12.6. The van der Waals surface area contributed by atoms with E-state index in [0.29, 0.717) is 18.2 Å². The Morgan fingerprint density at radius 1 is 1.36 bits per heavy atom. The van der Waals surface area contributed by atoms with E-state index < -0.39 is 0 Å². The highest BCUT2D eigenvalue weighted by atomic mass is 16.5. The van der Waals surface area contributed by atoms with Gasteiger partial charge in [-0.05, 0) is 37.8 Å². The van der Waals surface area contributed by atoms with Gasteiger partial charge in [0.05, 0.1) is 6.61 Å². The second-order valence-corrected chi connectivity index (χ2v) is 6.64. The molecular weight excluding hydrogens is 316 g/mol. The fraction of sp³-hybridized carbons (Fsp3) is 0.526. The summed E-state index contributed by atoms with van der Waals surface area (Å²) in [5.41, 5.74) is 1.69. The number of amides is 1. The minimum absolute atomic E-state index is 0.0317. The van der Waals surface area contributed by atoms with E-state index in [1.807, 2.05) is 23.2 Å². The molecule has 1 fully saturated rings. The SMILES string of the molecule is COCCn1c(C)cnc1CC1CCCN(C(=O)c2ccccn2)C1. The zero-order valence-corrected chi connectivity index (χ0v) is 15.0. The molecule has 3 heterocycles. The summed E-state index contributed by atoms with van der Waals surface area (Å²) in [6, 6.07) is 5.47. The van der Waals surface area contributed by atoms with Crippen molar-refractivity contribution in [1.82, 2.24) is 19.4 Å². The van der Waals surface area contributed by atoms with Crippen molar-refractivity contribution >= 4 is 5.91 Å². The number of hydrogen-bond donors (Lipinski definition) is 0. The lowest BCUT2D eigenvalue weighted by molar-refractivity contribution is 0.0665. The van der Waals surface area contributed by atoms with Crippen LogP contribution in [0, 0.1) is 12.8 Å². The van der Waals surface area contributed by atoms with Crippen molar-refractivity contribution in [3.05, 3.63) is 47.8 Å². The average molecular weight is 342 g/mol. The van der Waals surface area contributed by atoms with Crippen molar-refractivity contribution in [2.45, 2.75) is 32.7 Å². The molecule has 0 aromatic carbocycles. The van der Waals surface area contributed by atoms with Crippen LogP contribution in [0.1, 0.15) is 34.8 Å². The number of aryl methyl sites for hydroxylation is 1. The Hall–Kier alpha value is -2.21. The maximum atomic E-state index is 12.6. The van der Waals surface area contributed by atoms with Gasteiger partial charge in [-0.1, -0.05) is 6.07 Å². The Morgan fingerprint density at radius 3 is 3.00 bits per heavy atom. The number of pyridine rings is 1. The lowest BCUT2D eigenvalue weighted by atomic mass is 9.94. The standard InChI is InChI=1S/C19H26N4O2/c1-15-13-21-18(23(15)10-11-25-2)12-16-6-5-9-22(14-16)19(24)17-7-3-4-8-20-17/h3-4,7-8,13,16H,5-6,9-12,14H2,1-2H3. The summed E-state index contributed by atoms with van der Waals surface area (Å²) >= 11 is 0. The molecule has 1 unspecified atom stereocenters. The predicted molar refractivity (Wildman–Crippen MR) is 95.4 cm³/mol. The number of piperidine rings is 1. The molecule has 2 aromatic heterocycles. The summed E-state index contributed by atoms with van der Waals surface area (Å²) in [5, 5.41) is 0. The first-order valence-corrected chi connectivity index (χ1v) is 8.89. The number of imidazole rings is 1. The van der Waals surface area contributed by atoms with Crippen LogP contribution in [0.3, 0.4) is 0 Å². The molecule has 1 aliphatic rings. The molecule has 3 rings (SSSR count). The van der Waals surface area contributed by atoms with Gasteiger partial charge in [-0.2, -0.15) is 0 Å². The van der Waals surface area contributed by atoms with Gasteiger partial charge in [0.2, 0.25) is 0 Å². The molecular formula is C19H26N4O2. The summed E-state index contributed by atoms with van der Waals surface area (Å²) in [5.74, 6) is 1.56. The van der Waals surface area contributed by atoms with Crippen LogP contribution in [-0.2, 0) is 17.7 Å². The van der Waals surface area contributed by atoms with Crippen molar-refractivity contribution in [2.75, 3.05) is 26.8 Å². The minimum Gasteiger partial charge on any atom is -0.383 e. The van der Waals surface area contributed by atoms with E-state index in [1.54, 1.807) is 19.4 Å². The Bertz CT molecular complexity index is 699. The van der Waals surface area contributed by atoms with E-state index in [9.17, 15) is 4.79 Å². The first kappa shape index (κ1) is 17.6. The molecule has 1 atom stereocenters. The number of methoxy groups -OCH3 is 1. The van der Waals surface area contributed by atoms with Crippen LogP contribution >= 0.6 is 0 Å². The smallest absolute Gasteiger partial charge is 0.272 e. The highest BCUT2D eigenvalue weighted by molar-refractivity contribution is 5.92. The van der Waals surface area contributed by atoms with Gasteiger partial charge in [0, 0.05) is 51.3 Å². The summed E-state index contributed by atoms with van der Waals surface area (Å²) in [7, 11) is 1.72. The number of rotatable bonds is 6. The molecule has 0 N–H and O–H groups in total. The van der Waals surface area contributed by atoms with Gasteiger partial charge in [0.25, 0.3) is 5.91 Å². The van der Waals surface area contributed by atoms with Crippen LogP contribution in [0.25, 0.3) is 0 Å².